The quantitative estimate of drug-likeness (QED) is 0.148. The number of halogens is 2. The summed E-state index contributed by atoms with van der Waals surface area (Å²) in [7, 11) is 1.53. The van der Waals surface area contributed by atoms with Crippen LogP contribution in [0.4, 0.5) is 8.78 Å². The van der Waals surface area contributed by atoms with Gasteiger partial charge >= 0.3 is 0 Å². The summed E-state index contributed by atoms with van der Waals surface area (Å²) in [6.07, 6.45) is 3.05. The summed E-state index contributed by atoms with van der Waals surface area (Å²) in [5.74, 6) is -1.68. The van der Waals surface area contributed by atoms with Crippen molar-refractivity contribution >= 4 is 38.2 Å². The number of carbonyl (C=O) groups is 1. The number of nitrogens with one attached hydrogen (secondary N) is 1. The fourth-order valence-electron chi connectivity index (χ4n) is 5.90. The third kappa shape index (κ3) is 5.05. The fraction of sp³-hybridized carbons (Fsp3) is 0.212. The van der Waals surface area contributed by atoms with Crippen molar-refractivity contribution in [3.63, 3.8) is 0 Å². The number of aromatic nitrogens is 5. The van der Waals surface area contributed by atoms with Gasteiger partial charge in [0.2, 0.25) is 5.91 Å². The van der Waals surface area contributed by atoms with Crippen LogP contribution in [-0.2, 0) is 16.1 Å². The first-order valence-electron chi connectivity index (χ1n) is 14.3. The molecule has 1 atom stereocenters. The third-order valence-electron chi connectivity index (χ3n) is 7.93. The molecule has 228 valence electrons. The van der Waals surface area contributed by atoms with Crippen LogP contribution in [-0.4, -0.2) is 62.6 Å². The zero-order chi connectivity index (χ0) is 31.2. The van der Waals surface area contributed by atoms with Crippen LogP contribution >= 0.6 is 11.3 Å². The predicted molar refractivity (Wildman–Crippen MR) is 169 cm³/mol. The highest BCUT2D eigenvalue weighted by atomic mass is 32.1. The molecule has 12 heteroatoms. The smallest absolute Gasteiger partial charge is 0.246 e. The molecule has 5 heterocycles. The molecule has 9 nitrogen and oxygen atoms in total. The van der Waals surface area contributed by atoms with E-state index in [9.17, 15) is 9.18 Å². The second-order valence-corrected chi connectivity index (χ2v) is 11.8. The lowest BCUT2D eigenvalue weighted by Crippen LogP contribution is -2.39. The lowest BCUT2D eigenvalue weighted by molar-refractivity contribution is -0.127. The number of benzene rings is 2. The minimum absolute atomic E-state index is 0.0370. The maximum Gasteiger partial charge on any atom is 0.246 e. The van der Waals surface area contributed by atoms with E-state index in [1.165, 1.54) is 30.6 Å². The molecule has 1 aliphatic heterocycles. The lowest BCUT2D eigenvalue weighted by atomic mass is 9.96. The second-order valence-electron chi connectivity index (χ2n) is 10.9. The van der Waals surface area contributed by atoms with Crippen LogP contribution in [0, 0.1) is 11.6 Å². The van der Waals surface area contributed by atoms with Crippen LogP contribution in [0.1, 0.15) is 18.7 Å². The van der Waals surface area contributed by atoms with Crippen LogP contribution in [0.15, 0.2) is 66.7 Å². The van der Waals surface area contributed by atoms with Gasteiger partial charge in [0.15, 0.2) is 0 Å². The van der Waals surface area contributed by atoms with Gasteiger partial charge in [0.1, 0.15) is 35.4 Å². The number of thiophene rings is 1. The predicted octanol–water partition coefficient (Wildman–Crippen LogP) is 6.76. The Balaban J connectivity index is 1.50. The van der Waals surface area contributed by atoms with E-state index in [4.69, 9.17) is 19.6 Å². The van der Waals surface area contributed by atoms with Crippen LogP contribution in [0.2, 0.25) is 0 Å². The highest BCUT2D eigenvalue weighted by molar-refractivity contribution is 7.18. The molecule has 0 aliphatic carbocycles. The largest absolute Gasteiger partial charge is 0.490 e. The molecule has 1 N–H and O–H groups in total. The second kappa shape index (κ2) is 11.5. The summed E-state index contributed by atoms with van der Waals surface area (Å²) in [6, 6.07) is 11.6. The molecule has 6 aromatic rings. The Labute approximate surface area is 260 Å². The summed E-state index contributed by atoms with van der Waals surface area (Å²) < 4.78 is 44.2. The van der Waals surface area contributed by atoms with Gasteiger partial charge in [-0.25, -0.2) is 13.8 Å². The maximum absolute atomic E-state index is 16.0. The molecular formula is C33H28F2N6O3S. The molecule has 0 spiro atoms. The summed E-state index contributed by atoms with van der Waals surface area (Å²) in [6.45, 7) is 6.73. The minimum atomic E-state index is -0.784. The van der Waals surface area contributed by atoms with E-state index >= 15 is 4.39 Å². The monoisotopic (exact) mass is 626 g/mol. The number of hydrogen-bond donors (Lipinski definition) is 1. The number of methoxy groups -OCH3 is 1. The topological polar surface area (TPSA) is 98.2 Å². The Hall–Kier alpha value is -4.94. The van der Waals surface area contributed by atoms with Crippen molar-refractivity contribution in [3.05, 3.63) is 84.0 Å². The molecule has 0 radical (unpaired) electrons. The lowest BCUT2D eigenvalue weighted by Gasteiger charge is -2.31. The number of H-pyrrole nitrogens is 1. The number of fused-ring (bicyclic) bond motifs is 3. The Morgan fingerprint density at radius 1 is 1.16 bits per heavy atom. The van der Waals surface area contributed by atoms with Crippen molar-refractivity contribution in [3.8, 4) is 39.5 Å². The van der Waals surface area contributed by atoms with Crippen LogP contribution in [0.25, 0.3) is 54.8 Å². The Bertz CT molecular complexity index is 2100. The first kappa shape index (κ1) is 28.8. The van der Waals surface area contributed by atoms with Gasteiger partial charge < -0.3 is 14.4 Å². The molecule has 0 saturated carbocycles. The third-order valence-corrected chi connectivity index (χ3v) is 8.86. The van der Waals surface area contributed by atoms with E-state index < -0.39 is 11.6 Å². The van der Waals surface area contributed by atoms with E-state index in [2.05, 4.69) is 16.8 Å². The summed E-state index contributed by atoms with van der Waals surface area (Å²) in [5.41, 5.74) is 4.64. The number of amides is 1. The van der Waals surface area contributed by atoms with Gasteiger partial charge in [0, 0.05) is 52.4 Å². The van der Waals surface area contributed by atoms with Crippen molar-refractivity contribution in [2.24, 2.45) is 0 Å². The van der Waals surface area contributed by atoms with Crippen LogP contribution < -0.4 is 4.74 Å². The fourth-order valence-corrected chi connectivity index (χ4v) is 6.84. The van der Waals surface area contributed by atoms with E-state index in [1.807, 2.05) is 47.3 Å². The van der Waals surface area contributed by atoms with Gasteiger partial charge in [0.25, 0.3) is 0 Å². The van der Waals surface area contributed by atoms with Crippen LogP contribution in [0.3, 0.4) is 0 Å². The number of pyridine rings is 1. The average molecular weight is 627 g/mol. The summed E-state index contributed by atoms with van der Waals surface area (Å²) >= 11 is 1.43. The summed E-state index contributed by atoms with van der Waals surface area (Å²) in [4.78, 5) is 19.4. The van der Waals surface area contributed by atoms with E-state index in [0.717, 1.165) is 38.3 Å². The van der Waals surface area contributed by atoms with Crippen molar-refractivity contribution in [2.75, 3.05) is 26.9 Å². The number of aromatic amines is 1. The molecule has 7 rings (SSSR count). The molecule has 0 bridgehead atoms. The van der Waals surface area contributed by atoms with E-state index in [1.54, 1.807) is 11.1 Å². The highest BCUT2D eigenvalue weighted by Crippen LogP contribution is 2.47. The zero-order valence-corrected chi connectivity index (χ0v) is 25.3. The molecular weight excluding hydrogens is 598 g/mol. The Morgan fingerprint density at radius 3 is 2.84 bits per heavy atom. The summed E-state index contributed by atoms with van der Waals surface area (Å²) in [5, 5.41) is 15.7. The van der Waals surface area contributed by atoms with Crippen molar-refractivity contribution in [2.45, 2.75) is 19.5 Å². The zero-order valence-electron chi connectivity index (χ0n) is 24.5. The molecule has 1 amide bonds. The minimum Gasteiger partial charge on any atom is -0.490 e. The molecule has 1 unspecified atom stereocenters. The van der Waals surface area contributed by atoms with Crippen LogP contribution in [0.5, 0.6) is 5.75 Å². The first-order chi connectivity index (χ1) is 21.9. The average Bonchev–Trinajstić information content (AvgIpc) is 3.80. The number of carbonyl (C=O) groups excluding carboxylic acids is 1. The van der Waals surface area contributed by atoms with Gasteiger partial charge in [-0.1, -0.05) is 12.6 Å². The normalized spacial score (nSPS) is 14.7. The number of rotatable bonds is 8. The van der Waals surface area contributed by atoms with E-state index in [0.29, 0.717) is 35.7 Å². The van der Waals surface area contributed by atoms with Crippen molar-refractivity contribution in [1.82, 2.24) is 29.9 Å². The van der Waals surface area contributed by atoms with Gasteiger partial charge in [-0.05, 0) is 42.6 Å². The standard InChI is InChI=1S/C33H28F2N6O3S/c1-4-28(42)40-16-18(2)41-22(17-40)14-26(39-41)32-30(29-24(35)12-21(34)13-27(29)44-9-8-43-3)33-23(7-10-45-33)31(37-32)19-5-6-25-20(11-19)15-36-38-25/h4-7,10-15,18H,1,8-9,16-17H2,2-3H3,(H,36,38). The molecule has 0 fully saturated rings. The number of hydrogen-bond acceptors (Lipinski definition) is 7. The van der Waals surface area contributed by atoms with Crippen molar-refractivity contribution < 1.29 is 23.0 Å². The molecule has 2 aromatic carbocycles. The number of ether oxygens (including phenoxy) is 2. The van der Waals surface area contributed by atoms with Crippen molar-refractivity contribution in [1.29, 1.82) is 0 Å². The molecule has 0 saturated heterocycles. The highest BCUT2D eigenvalue weighted by Gasteiger charge is 2.30. The molecule has 1 aliphatic rings. The van der Waals surface area contributed by atoms with Gasteiger partial charge in [-0.2, -0.15) is 10.2 Å². The SMILES string of the molecule is C=CC(=O)N1Cc2cc(-c3nc(-c4ccc5[nH]ncc5c4)c4ccsc4c3-c3c(F)cc(F)cc3OCCOC)nn2C(C)C1. The first-order valence-corrected chi connectivity index (χ1v) is 15.2. The van der Waals surface area contributed by atoms with Gasteiger partial charge in [-0.3, -0.25) is 14.6 Å². The van der Waals surface area contributed by atoms with Gasteiger partial charge in [-0.15, -0.1) is 11.3 Å². The Kier molecular flexibility index (Phi) is 7.38. The number of nitrogens with zero attached hydrogens (tertiary/aromatic N) is 5. The maximum atomic E-state index is 16.0. The van der Waals surface area contributed by atoms with E-state index in [-0.39, 0.29) is 36.5 Å². The molecule has 45 heavy (non-hydrogen) atoms. The Morgan fingerprint density at radius 2 is 2.02 bits per heavy atom. The van der Waals surface area contributed by atoms with Gasteiger partial charge in [0.05, 0.1) is 47.9 Å². The molecule has 4 aromatic heterocycles.